The normalized spacial score (nSPS) is 14.1. The van der Waals surface area contributed by atoms with E-state index in [4.69, 9.17) is 4.74 Å². The van der Waals surface area contributed by atoms with Gasteiger partial charge in [-0.3, -0.25) is 14.4 Å². The van der Waals surface area contributed by atoms with Gasteiger partial charge in [0.2, 0.25) is 5.95 Å². The number of ketones is 1. The Balaban J connectivity index is 1.26. The molecule has 0 unspecified atom stereocenters. The van der Waals surface area contributed by atoms with Gasteiger partial charge in [0.15, 0.2) is 11.4 Å². The van der Waals surface area contributed by atoms with E-state index in [0.717, 1.165) is 34.9 Å². The van der Waals surface area contributed by atoms with Crippen molar-refractivity contribution in [2.45, 2.75) is 26.3 Å². The van der Waals surface area contributed by atoms with Crippen molar-refractivity contribution in [3.8, 4) is 17.0 Å². The molecule has 1 aliphatic rings. The van der Waals surface area contributed by atoms with Gasteiger partial charge >= 0.3 is 0 Å². The van der Waals surface area contributed by atoms with Crippen LogP contribution in [0.2, 0.25) is 0 Å². The summed E-state index contributed by atoms with van der Waals surface area (Å²) in [7, 11) is 0. The molecule has 33 heavy (non-hydrogen) atoms. The molecule has 0 saturated carbocycles. The van der Waals surface area contributed by atoms with Crippen LogP contribution in [-0.4, -0.2) is 61.3 Å². The fraction of sp³-hybridized carbons (Fsp3) is 0.333. The van der Waals surface area contributed by atoms with Gasteiger partial charge in [0, 0.05) is 24.0 Å². The van der Waals surface area contributed by atoms with E-state index in [2.05, 4.69) is 25.4 Å². The first-order valence-corrected chi connectivity index (χ1v) is 11.2. The van der Waals surface area contributed by atoms with Crippen molar-refractivity contribution in [1.29, 1.82) is 0 Å². The molecule has 0 radical (unpaired) electrons. The van der Waals surface area contributed by atoms with Gasteiger partial charge in [0.25, 0.3) is 0 Å². The molecule has 170 valence electrons. The first kappa shape index (κ1) is 21.1. The molecule has 9 heteroatoms. The molecule has 1 fully saturated rings. The number of benzene rings is 1. The fourth-order valence-electron chi connectivity index (χ4n) is 4.05. The third kappa shape index (κ3) is 5.04. The average Bonchev–Trinajstić information content (AvgIpc) is 3.55. The Morgan fingerprint density at radius 3 is 2.73 bits per heavy atom. The lowest BCUT2D eigenvalue weighted by atomic mass is 10.2. The maximum atomic E-state index is 11.4. The third-order valence-electron chi connectivity index (χ3n) is 5.66. The smallest absolute Gasteiger partial charge is 0.247 e. The topological polar surface area (TPSA) is 89.6 Å². The largest absolute Gasteiger partial charge is 0.492 e. The molecule has 5 rings (SSSR count). The van der Waals surface area contributed by atoms with E-state index >= 15 is 0 Å². The summed E-state index contributed by atoms with van der Waals surface area (Å²) in [6.07, 6.45) is 6.16. The van der Waals surface area contributed by atoms with Crippen molar-refractivity contribution in [3.63, 3.8) is 0 Å². The number of fused-ring (bicyclic) bond motifs is 1. The fourth-order valence-corrected chi connectivity index (χ4v) is 4.05. The molecule has 1 aromatic carbocycles. The summed E-state index contributed by atoms with van der Waals surface area (Å²) < 4.78 is 9.28. The highest BCUT2D eigenvalue weighted by Crippen LogP contribution is 2.23. The number of Topliss-reactive ketones (excluding diaryl/α,β-unsaturated/α-hetero) is 1. The van der Waals surface area contributed by atoms with E-state index in [0.29, 0.717) is 12.6 Å². The highest BCUT2D eigenvalue weighted by Gasteiger charge is 2.12. The van der Waals surface area contributed by atoms with E-state index in [-0.39, 0.29) is 12.3 Å². The van der Waals surface area contributed by atoms with Gasteiger partial charge in [-0.2, -0.15) is 10.1 Å². The first-order valence-electron chi connectivity index (χ1n) is 11.2. The summed E-state index contributed by atoms with van der Waals surface area (Å²) in [5.74, 6) is 1.41. The molecule has 4 heterocycles. The number of carbonyl (C=O) groups is 1. The summed E-state index contributed by atoms with van der Waals surface area (Å²) in [6, 6.07) is 13.6. The number of nitrogens with one attached hydrogen (secondary N) is 1. The maximum Gasteiger partial charge on any atom is 0.247 e. The zero-order chi connectivity index (χ0) is 22.6. The minimum Gasteiger partial charge on any atom is -0.492 e. The number of hydrogen-bond donors (Lipinski definition) is 1. The molecule has 4 aromatic rings. The zero-order valence-electron chi connectivity index (χ0n) is 18.6. The SMILES string of the molecule is CC(=O)Cn1cc(-c2cccc3nc(Nc4ccc(OCCN5CCCC5)cc4)nn23)cn1. The standard InChI is InChI=1S/C24H27N7O2/c1-18(32)16-30-17-19(15-25-30)22-5-4-6-23-27-24(28-31(22)23)26-20-7-9-21(10-8-20)33-14-13-29-11-2-3-12-29/h4-10,15,17H,2-3,11-14,16H2,1H3,(H,26,28). The third-order valence-corrected chi connectivity index (χ3v) is 5.66. The van der Waals surface area contributed by atoms with E-state index in [1.807, 2.05) is 48.7 Å². The van der Waals surface area contributed by atoms with E-state index in [1.54, 1.807) is 22.3 Å². The Bertz CT molecular complexity index is 1240. The number of pyridine rings is 1. The van der Waals surface area contributed by atoms with Gasteiger partial charge in [0.05, 0.1) is 18.4 Å². The lowest BCUT2D eigenvalue weighted by molar-refractivity contribution is -0.117. The molecule has 0 bridgehead atoms. The monoisotopic (exact) mass is 445 g/mol. The molecule has 1 N–H and O–H groups in total. The predicted octanol–water partition coefficient (Wildman–Crippen LogP) is 3.40. The number of nitrogens with zero attached hydrogens (tertiary/aromatic N) is 6. The average molecular weight is 446 g/mol. The van der Waals surface area contributed by atoms with Crippen LogP contribution in [0.5, 0.6) is 5.75 Å². The number of anilines is 2. The van der Waals surface area contributed by atoms with E-state index in [1.165, 1.54) is 25.9 Å². The molecule has 1 aliphatic heterocycles. The lowest BCUT2D eigenvalue weighted by Crippen LogP contribution is -2.25. The number of likely N-dealkylation sites (tertiary alicyclic amines) is 1. The van der Waals surface area contributed by atoms with Gasteiger partial charge in [-0.15, -0.1) is 5.10 Å². The minimum absolute atomic E-state index is 0.0538. The van der Waals surface area contributed by atoms with Crippen LogP contribution in [0.3, 0.4) is 0 Å². The molecule has 0 amide bonds. The van der Waals surface area contributed by atoms with Gasteiger partial charge in [-0.05, 0) is 69.3 Å². The van der Waals surface area contributed by atoms with Gasteiger partial charge < -0.3 is 10.1 Å². The Hall–Kier alpha value is -3.72. The number of hydrogen-bond acceptors (Lipinski definition) is 7. The molecule has 3 aromatic heterocycles. The number of carbonyl (C=O) groups excluding carboxylic acids is 1. The van der Waals surface area contributed by atoms with Crippen LogP contribution in [-0.2, 0) is 11.3 Å². The summed E-state index contributed by atoms with van der Waals surface area (Å²) >= 11 is 0. The highest BCUT2D eigenvalue weighted by molar-refractivity contribution is 5.75. The van der Waals surface area contributed by atoms with Crippen LogP contribution < -0.4 is 10.1 Å². The molecule has 0 spiro atoms. The van der Waals surface area contributed by atoms with Crippen molar-refractivity contribution in [2.75, 3.05) is 31.6 Å². The van der Waals surface area contributed by atoms with Gasteiger partial charge in [-0.1, -0.05) is 6.07 Å². The Labute approximate surface area is 192 Å². The first-order chi connectivity index (χ1) is 16.1. The summed E-state index contributed by atoms with van der Waals surface area (Å²) in [6.45, 7) is 5.83. The second kappa shape index (κ2) is 9.41. The van der Waals surface area contributed by atoms with Crippen LogP contribution in [0.15, 0.2) is 54.9 Å². The maximum absolute atomic E-state index is 11.4. The number of rotatable bonds is 9. The Morgan fingerprint density at radius 2 is 1.94 bits per heavy atom. The van der Waals surface area contributed by atoms with Crippen LogP contribution >= 0.6 is 0 Å². The predicted molar refractivity (Wildman–Crippen MR) is 126 cm³/mol. The summed E-state index contributed by atoms with van der Waals surface area (Å²) in [5, 5.41) is 12.2. The molecule has 9 nitrogen and oxygen atoms in total. The molecule has 0 aliphatic carbocycles. The zero-order valence-corrected chi connectivity index (χ0v) is 18.6. The van der Waals surface area contributed by atoms with E-state index < -0.39 is 0 Å². The summed E-state index contributed by atoms with van der Waals surface area (Å²) in [4.78, 5) is 18.4. The van der Waals surface area contributed by atoms with Crippen LogP contribution in [0.1, 0.15) is 19.8 Å². The van der Waals surface area contributed by atoms with Crippen molar-refractivity contribution >= 4 is 23.1 Å². The quantitative estimate of drug-likeness (QED) is 0.422. The number of ether oxygens (including phenoxy) is 1. The van der Waals surface area contributed by atoms with E-state index in [9.17, 15) is 4.79 Å². The van der Waals surface area contributed by atoms with Gasteiger partial charge in [0.1, 0.15) is 12.4 Å². The van der Waals surface area contributed by atoms with Crippen LogP contribution in [0.25, 0.3) is 16.9 Å². The second-order valence-electron chi connectivity index (χ2n) is 8.29. The highest BCUT2D eigenvalue weighted by atomic mass is 16.5. The molecule has 1 saturated heterocycles. The Kier molecular flexibility index (Phi) is 6.03. The number of aromatic nitrogens is 5. The molecular weight excluding hydrogens is 418 g/mol. The Morgan fingerprint density at radius 1 is 1.12 bits per heavy atom. The minimum atomic E-state index is 0.0538. The van der Waals surface area contributed by atoms with Crippen molar-refractivity contribution in [1.82, 2.24) is 29.3 Å². The summed E-state index contributed by atoms with van der Waals surface area (Å²) in [5.41, 5.74) is 3.32. The van der Waals surface area contributed by atoms with Crippen molar-refractivity contribution < 1.29 is 9.53 Å². The van der Waals surface area contributed by atoms with Crippen molar-refractivity contribution in [3.05, 3.63) is 54.9 Å². The molecular formula is C24H27N7O2. The lowest BCUT2D eigenvalue weighted by Gasteiger charge is -2.15. The van der Waals surface area contributed by atoms with Crippen LogP contribution in [0, 0.1) is 0 Å². The molecule has 0 atom stereocenters. The van der Waals surface area contributed by atoms with Crippen molar-refractivity contribution in [2.24, 2.45) is 0 Å². The van der Waals surface area contributed by atoms with Crippen LogP contribution in [0.4, 0.5) is 11.6 Å². The second-order valence-corrected chi connectivity index (χ2v) is 8.29. The van der Waals surface area contributed by atoms with Gasteiger partial charge in [-0.25, -0.2) is 4.52 Å².